The fourth-order valence-electron chi connectivity index (χ4n) is 2.23. The zero-order valence-electron chi connectivity index (χ0n) is 11.9. The molecule has 5 nitrogen and oxygen atoms in total. The number of para-hydroxylation sites is 1. The second kappa shape index (κ2) is 5.96. The standard InChI is InChI=1S/C16H14IN3O2/c1-9-3-2-4-12-15(9)20-14(19-12)8-18-16(22)10-5-6-11(17)13(21)7-10/h2-7,21H,8H2,1H3,(H,18,22)(H,19,20). The molecule has 3 aromatic rings. The van der Waals surface area contributed by atoms with Crippen LogP contribution < -0.4 is 5.32 Å². The van der Waals surface area contributed by atoms with Gasteiger partial charge in [-0.05, 0) is 59.3 Å². The molecule has 112 valence electrons. The molecule has 0 saturated carbocycles. The monoisotopic (exact) mass is 407 g/mol. The van der Waals surface area contributed by atoms with Crippen LogP contribution in [0.3, 0.4) is 0 Å². The highest BCUT2D eigenvalue weighted by Crippen LogP contribution is 2.20. The largest absolute Gasteiger partial charge is 0.507 e. The summed E-state index contributed by atoms with van der Waals surface area (Å²) in [5.41, 5.74) is 3.38. The van der Waals surface area contributed by atoms with Gasteiger partial charge < -0.3 is 15.4 Å². The lowest BCUT2D eigenvalue weighted by molar-refractivity contribution is 0.0949. The summed E-state index contributed by atoms with van der Waals surface area (Å²) >= 11 is 2.01. The van der Waals surface area contributed by atoms with Crippen molar-refractivity contribution in [1.82, 2.24) is 15.3 Å². The number of nitrogens with one attached hydrogen (secondary N) is 2. The van der Waals surface area contributed by atoms with E-state index in [-0.39, 0.29) is 11.7 Å². The number of aromatic hydroxyl groups is 1. The van der Waals surface area contributed by atoms with E-state index in [1.54, 1.807) is 12.1 Å². The quantitative estimate of drug-likeness (QED) is 0.584. The third kappa shape index (κ3) is 2.92. The zero-order valence-corrected chi connectivity index (χ0v) is 14.0. The van der Waals surface area contributed by atoms with Crippen LogP contribution in [-0.2, 0) is 6.54 Å². The summed E-state index contributed by atoms with van der Waals surface area (Å²) in [6.07, 6.45) is 0. The van der Waals surface area contributed by atoms with Crippen LogP contribution in [0.4, 0.5) is 0 Å². The maximum Gasteiger partial charge on any atom is 0.251 e. The van der Waals surface area contributed by atoms with Crippen LogP contribution in [0.2, 0.25) is 0 Å². The minimum Gasteiger partial charge on any atom is -0.507 e. The molecule has 0 spiro atoms. The van der Waals surface area contributed by atoms with Gasteiger partial charge in [0.2, 0.25) is 0 Å². The molecule has 0 atom stereocenters. The lowest BCUT2D eigenvalue weighted by atomic mass is 10.2. The first-order valence-corrected chi connectivity index (χ1v) is 7.83. The van der Waals surface area contributed by atoms with E-state index < -0.39 is 0 Å². The van der Waals surface area contributed by atoms with Gasteiger partial charge in [0, 0.05) is 5.56 Å². The second-order valence-corrected chi connectivity index (χ2v) is 6.17. The van der Waals surface area contributed by atoms with Crippen molar-refractivity contribution in [3.05, 3.63) is 56.9 Å². The molecule has 6 heteroatoms. The van der Waals surface area contributed by atoms with Crippen LogP contribution in [0.15, 0.2) is 36.4 Å². The van der Waals surface area contributed by atoms with E-state index in [2.05, 4.69) is 15.3 Å². The van der Waals surface area contributed by atoms with Crippen LogP contribution in [-0.4, -0.2) is 21.0 Å². The number of imidazole rings is 1. The van der Waals surface area contributed by atoms with Crippen molar-refractivity contribution >= 4 is 39.5 Å². The maximum atomic E-state index is 12.1. The highest BCUT2D eigenvalue weighted by Gasteiger charge is 2.10. The first-order valence-electron chi connectivity index (χ1n) is 6.75. The molecular weight excluding hydrogens is 393 g/mol. The minimum absolute atomic E-state index is 0.104. The predicted molar refractivity (Wildman–Crippen MR) is 92.8 cm³/mol. The molecule has 1 heterocycles. The van der Waals surface area contributed by atoms with Crippen molar-refractivity contribution in [2.24, 2.45) is 0 Å². The summed E-state index contributed by atoms with van der Waals surface area (Å²) < 4.78 is 0.710. The van der Waals surface area contributed by atoms with Crippen LogP contribution in [0.25, 0.3) is 11.0 Å². The normalized spacial score (nSPS) is 10.8. The molecular formula is C16H14IN3O2. The van der Waals surface area contributed by atoms with Gasteiger partial charge in [0.05, 0.1) is 21.1 Å². The molecule has 2 aromatic carbocycles. The highest BCUT2D eigenvalue weighted by atomic mass is 127. The number of phenols is 1. The van der Waals surface area contributed by atoms with Gasteiger partial charge in [0.1, 0.15) is 11.6 Å². The minimum atomic E-state index is -0.246. The molecule has 22 heavy (non-hydrogen) atoms. The molecule has 0 aliphatic heterocycles. The van der Waals surface area contributed by atoms with Crippen molar-refractivity contribution < 1.29 is 9.90 Å². The Balaban J connectivity index is 1.74. The van der Waals surface area contributed by atoms with Crippen molar-refractivity contribution in [2.45, 2.75) is 13.5 Å². The van der Waals surface area contributed by atoms with Gasteiger partial charge in [-0.3, -0.25) is 4.79 Å². The van der Waals surface area contributed by atoms with Gasteiger partial charge in [-0.2, -0.15) is 0 Å². The molecule has 0 bridgehead atoms. The Morgan fingerprint density at radius 1 is 1.36 bits per heavy atom. The number of benzene rings is 2. The SMILES string of the molecule is Cc1cccc2[nH]c(CNC(=O)c3ccc(I)c(O)c3)nc12. The average Bonchev–Trinajstić information content (AvgIpc) is 2.92. The first kappa shape index (κ1) is 14.8. The number of halogens is 1. The Morgan fingerprint density at radius 2 is 2.18 bits per heavy atom. The Labute approximate surface area is 140 Å². The van der Waals surface area contributed by atoms with E-state index in [4.69, 9.17) is 0 Å². The topological polar surface area (TPSA) is 78.0 Å². The van der Waals surface area contributed by atoms with Crippen molar-refractivity contribution in [1.29, 1.82) is 0 Å². The van der Waals surface area contributed by atoms with Crippen LogP contribution >= 0.6 is 22.6 Å². The molecule has 1 amide bonds. The van der Waals surface area contributed by atoms with E-state index in [0.29, 0.717) is 21.5 Å². The van der Waals surface area contributed by atoms with Crippen LogP contribution in [0, 0.1) is 10.5 Å². The zero-order chi connectivity index (χ0) is 15.7. The molecule has 0 fully saturated rings. The van der Waals surface area contributed by atoms with Gasteiger partial charge >= 0.3 is 0 Å². The third-order valence-corrected chi connectivity index (χ3v) is 4.30. The number of rotatable bonds is 3. The third-order valence-electron chi connectivity index (χ3n) is 3.39. The van der Waals surface area contributed by atoms with E-state index in [0.717, 1.165) is 16.6 Å². The molecule has 3 rings (SSSR count). The van der Waals surface area contributed by atoms with Gasteiger partial charge in [0.15, 0.2) is 0 Å². The number of hydrogen-bond acceptors (Lipinski definition) is 3. The number of amides is 1. The van der Waals surface area contributed by atoms with E-state index in [9.17, 15) is 9.90 Å². The van der Waals surface area contributed by atoms with Gasteiger partial charge in [0.25, 0.3) is 5.91 Å². The first-order chi connectivity index (χ1) is 10.5. The van der Waals surface area contributed by atoms with E-state index in [1.807, 2.05) is 47.7 Å². The number of fused-ring (bicyclic) bond motifs is 1. The predicted octanol–water partition coefficient (Wildman–Crippen LogP) is 3.11. The average molecular weight is 407 g/mol. The lowest BCUT2D eigenvalue weighted by Gasteiger charge is -2.04. The summed E-state index contributed by atoms with van der Waals surface area (Å²) in [6.45, 7) is 2.31. The summed E-state index contributed by atoms with van der Waals surface area (Å²) in [4.78, 5) is 19.8. The Hall–Kier alpha value is -2.09. The number of aromatic amines is 1. The molecule has 0 saturated heterocycles. The molecule has 0 aliphatic carbocycles. The molecule has 1 aromatic heterocycles. The highest BCUT2D eigenvalue weighted by molar-refractivity contribution is 14.1. The number of hydrogen-bond donors (Lipinski definition) is 3. The van der Waals surface area contributed by atoms with Gasteiger partial charge in [-0.25, -0.2) is 4.98 Å². The molecule has 0 aliphatic rings. The maximum absolute atomic E-state index is 12.1. The van der Waals surface area contributed by atoms with Crippen molar-refractivity contribution in [3.8, 4) is 5.75 Å². The fraction of sp³-hybridized carbons (Fsp3) is 0.125. The van der Waals surface area contributed by atoms with Gasteiger partial charge in [-0.15, -0.1) is 0 Å². The molecule has 0 unspecified atom stereocenters. The summed E-state index contributed by atoms with van der Waals surface area (Å²) in [5, 5.41) is 12.5. The lowest BCUT2D eigenvalue weighted by Crippen LogP contribution is -2.23. The fourth-order valence-corrected chi connectivity index (χ4v) is 2.57. The Morgan fingerprint density at radius 3 is 2.91 bits per heavy atom. The van der Waals surface area contributed by atoms with Gasteiger partial charge in [-0.1, -0.05) is 12.1 Å². The van der Waals surface area contributed by atoms with E-state index >= 15 is 0 Å². The summed E-state index contributed by atoms with van der Waals surface area (Å²) in [5.74, 6) is 0.559. The summed E-state index contributed by atoms with van der Waals surface area (Å²) in [6, 6.07) is 10.8. The number of aromatic nitrogens is 2. The number of nitrogens with zero attached hydrogens (tertiary/aromatic N) is 1. The summed E-state index contributed by atoms with van der Waals surface area (Å²) in [7, 11) is 0. The number of carbonyl (C=O) groups excluding carboxylic acids is 1. The van der Waals surface area contributed by atoms with Crippen LogP contribution in [0.5, 0.6) is 5.75 Å². The second-order valence-electron chi connectivity index (χ2n) is 5.00. The number of carbonyl (C=O) groups is 1. The Kier molecular flexibility index (Phi) is 4.02. The van der Waals surface area contributed by atoms with Crippen molar-refractivity contribution in [2.75, 3.05) is 0 Å². The smallest absolute Gasteiger partial charge is 0.251 e. The van der Waals surface area contributed by atoms with Crippen LogP contribution in [0.1, 0.15) is 21.7 Å². The molecule has 3 N–H and O–H groups in total. The number of H-pyrrole nitrogens is 1. The number of aryl methyl sites for hydroxylation is 1. The number of phenolic OH excluding ortho intramolecular Hbond substituents is 1. The van der Waals surface area contributed by atoms with E-state index in [1.165, 1.54) is 6.07 Å². The molecule has 0 radical (unpaired) electrons. The Bertz CT molecular complexity index is 858. The van der Waals surface area contributed by atoms with Crippen molar-refractivity contribution in [3.63, 3.8) is 0 Å².